The van der Waals surface area contributed by atoms with Crippen LogP contribution in [-0.4, -0.2) is 36.2 Å². The lowest BCUT2D eigenvalue weighted by Gasteiger charge is -2.23. The third kappa shape index (κ3) is 5.42. The van der Waals surface area contributed by atoms with Gasteiger partial charge in [-0.25, -0.2) is 0 Å². The van der Waals surface area contributed by atoms with Crippen LogP contribution in [0.15, 0.2) is 0 Å². The topological polar surface area (TPSA) is 38.3 Å². The lowest BCUT2D eigenvalue weighted by Crippen LogP contribution is -2.39. The summed E-state index contributed by atoms with van der Waals surface area (Å²) in [5.41, 5.74) is 0. The number of carbonyl (C=O) groups is 1. The van der Waals surface area contributed by atoms with Gasteiger partial charge in [0, 0.05) is 24.1 Å². The molecule has 0 aliphatic carbocycles. The van der Waals surface area contributed by atoms with Gasteiger partial charge in [0.1, 0.15) is 0 Å². The average molecular weight is 231 g/mol. The van der Waals surface area contributed by atoms with Gasteiger partial charge < -0.3 is 10.1 Å². The van der Waals surface area contributed by atoms with Crippen LogP contribution in [0.2, 0.25) is 0 Å². The van der Waals surface area contributed by atoms with Crippen LogP contribution in [0, 0.1) is 0 Å². The number of thioether (sulfide) groups is 1. The Labute approximate surface area is 96.3 Å². The summed E-state index contributed by atoms with van der Waals surface area (Å²) in [6, 6.07) is 0.310. The van der Waals surface area contributed by atoms with E-state index in [1.54, 1.807) is 0 Å². The van der Waals surface area contributed by atoms with Crippen LogP contribution >= 0.6 is 11.8 Å². The van der Waals surface area contributed by atoms with Crippen molar-refractivity contribution in [2.75, 3.05) is 18.1 Å². The maximum atomic E-state index is 11.5. The maximum Gasteiger partial charge on any atom is 0.307 e. The SMILES string of the molecule is CCCC(C)OC(=O)CC1CSCCN1. The summed E-state index contributed by atoms with van der Waals surface area (Å²) >= 11 is 1.90. The highest BCUT2D eigenvalue weighted by Crippen LogP contribution is 2.11. The van der Waals surface area contributed by atoms with E-state index in [1.165, 1.54) is 0 Å². The van der Waals surface area contributed by atoms with Gasteiger partial charge in [-0.3, -0.25) is 4.79 Å². The van der Waals surface area contributed by atoms with E-state index in [9.17, 15) is 4.79 Å². The normalized spacial score (nSPS) is 23.5. The summed E-state index contributed by atoms with van der Waals surface area (Å²) in [6.45, 7) is 5.07. The van der Waals surface area contributed by atoms with Crippen LogP contribution in [0.25, 0.3) is 0 Å². The maximum absolute atomic E-state index is 11.5. The van der Waals surface area contributed by atoms with Crippen molar-refractivity contribution < 1.29 is 9.53 Å². The van der Waals surface area contributed by atoms with Gasteiger partial charge in [-0.15, -0.1) is 0 Å². The van der Waals surface area contributed by atoms with E-state index in [1.807, 2.05) is 18.7 Å². The van der Waals surface area contributed by atoms with Crippen molar-refractivity contribution in [1.29, 1.82) is 0 Å². The zero-order valence-corrected chi connectivity index (χ0v) is 10.4. The lowest BCUT2D eigenvalue weighted by atomic mass is 10.2. The number of esters is 1. The molecular formula is C11H21NO2S. The molecule has 3 nitrogen and oxygen atoms in total. The zero-order valence-electron chi connectivity index (χ0n) is 9.62. The van der Waals surface area contributed by atoms with Gasteiger partial charge in [0.25, 0.3) is 0 Å². The summed E-state index contributed by atoms with van der Waals surface area (Å²) in [4.78, 5) is 11.5. The minimum atomic E-state index is -0.0593. The first kappa shape index (κ1) is 12.8. The predicted octanol–water partition coefficient (Wildman–Crippen LogP) is 1.81. The molecule has 1 aliphatic heterocycles. The molecule has 0 aromatic carbocycles. The standard InChI is InChI=1S/C11H21NO2S/c1-3-4-9(2)14-11(13)7-10-8-15-6-5-12-10/h9-10,12H,3-8H2,1-2H3. The lowest BCUT2D eigenvalue weighted by molar-refractivity contribution is -0.148. The van der Waals surface area contributed by atoms with Crippen LogP contribution in [0.4, 0.5) is 0 Å². The minimum Gasteiger partial charge on any atom is -0.463 e. The average Bonchev–Trinajstić information content (AvgIpc) is 2.19. The van der Waals surface area contributed by atoms with Gasteiger partial charge in [-0.1, -0.05) is 13.3 Å². The Balaban J connectivity index is 2.16. The molecule has 1 rings (SSSR count). The summed E-state index contributed by atoms with van der Waals surface area (Å²) < 4.78 is 5.31. The van der Waals surface area contributed by atoms with Gasteiger partial charge in [0.05, 0.1) is 12.5 Å². The van der Waals surface area contributed by atoms with Gasteiger partial charge in [-0.2, -0.15) is 11.8 Å². The van der Waals surface area contributed by atoms with Gasteiger partial charge in [0.15, 0.2) is 0 Å². The Hall–Kier alpha value is -0.220. The molecule has 1 aliphatic rings. The molecule has 2 unspecified atom stereocenters. The highest BCUT2D eigenvalue weighted by molar-refractivity contribution is 7.99. The van der Waals surface area contributed by atoms with Gasteiger partial charge in [-0.05, 0) is 13.3 Å². The highest BCUT2D eigenvalue weighted by Gasteiger charge is 2.18. The van der Waals surface area contributed by atoms with E-state index in [-0.39, 0.29) is 12.1 Å². The summed E-state index contributed by atoms with van der Waals surface area (Å²) in [5.74, 6) is 2.12. The molecule has 4 heteroatoms. The van der Waals surface area contributed by atoms with Crippen LogP contribution in [0.5, 0.6) is 0 Å². The van der Waals surface area contributed by atoms with E-state index in [4.69, 9.17) is 4.74 Å². The molecule has 0 spiro atoms. The second kappa shape index (κ2) is 7.12. The first-order valence-corrected chi connectivity index (χ1v) is 6.88. The van der Waals surface area contributed by atoms with Crippen LogP contribution in [-0.2, 0) is 9.53 Å². The zero-order chi connectivity index (χ0) is 11.1. The number of rotatable bonds is 5. The van der Waals surface area contributed by atoms with Crippen molar-refractivity contribution in [2.45, 2.75) is 45.3 Å². The van der Waals surface area contributed by atoms with Crippen LogP contribution in [0.1, 0.15) is 33.1 Å². The Morgan fingerprint density at radius 1 is 1.67 bits per heavy atom. The molecule has 0 aromatic heterocycles. The molecule has 0 amide bonds. The third-order valence-corrected chi connectivity index (χ3v) is 3.57. The van der Waals surface area contributed by atoms with E-state index in [2.05, 4.69) is 12.2 Å². The molecule has 0 radical (unpaired) electrons. The smallest absolute Gasteiger partial charge is 0.307 e. The summed E-state index contributed by atoms with van der Waals surface area (Å²) in [7, 11) is 0. The minimum absolute atomic E-state index is 0.0593. The molecule has 1 saturated heterocycles. The fourth-order valence-electron chi connectivity index (χ4n) is 1.69. The van der Waals surface area contributed by atoms with Crippen molar-refractivity contribution in [2.24, 2.45) is 0 Å². The second-order valence-corrected chi connectivity index (χ2v) is 5.17. The van der Waals surface area contributed by atoms with Crippen molar-refractivity contribution in [1.82, 2.24) is 5.32 Å². The van der Waals surface area contributed by atoms with E-state index in [0.717, 1.165) is 30.9 Å². The molecule has 15 heavy (non-hydrogen) atoms. The first-order chi connectivity index (χ1) is 7.22. The number of nitrogens with one attached hydrogen (secondary N) is 1. The molecule has 0 saturated carbocycles. The molecule has 1 fully saturated rings. The Kier molecular flexibility index (Phi) is 6.10. The number of hydrogen-bond acceptors (Lipinski definition) is 4. The van der Waals surface area contributed by atoms with E-state index in [0.29, 0.717) is 12.5 Å². The molecule has 2 atom stereocenters. The molecule has 1 N–H and O–H groups in total. The molecular weight excluding hydrogens is 210 g/mol. The molecule has 0 aromatic rings. The van der Waals surface area contributed by atoms with Crippen molar-refractivity contribution in [3.05, 3.63) is 0 Å². The fourth-order valence-corrected chi connectivity index (χ4v) is 2.64. The van der Waals surface area contributed by atoms with Crippen LogP contribution in [0.3, 0.4) is 0 Å². The molecule has 1 heterocycles. The highest BCUT2D eigenvalue weighted by atomic mass is 32.2. The number of ether oxygens (including phenoxy) is 1. The molecule has 88 valence electrons. The first-order valence-electron chi connectivity index (χ1n) is 5.73. The number of hydrogen-bond donors (Lipinski definition) is 1. The summed E-state index contributed by atoms with van der Waals surface area (Å²) in [6.07, 6.45) is 2.60. The van der Waals surface area contributed by atoms with E-state index >= 15 is 0 Å². The van der Waals surface area contributed by atoms with Crippen molar-refractivity contribution >= 4 is 17.7 Å². The Morgan fingerprint density at radius 3 is 3.07 bits per heavy atom. The van der Waals surface area contributed by atoms with Crippen molar-refractivity contribution in [3.8, 4) is 0 Å². The van der Waals surface area contributed by atoms with E-state index < -0.39 is 0 Å². The van der Waals surface area contributed by atoms with Crippen molar-refractivity contribution in [3.63, 3.8) is 0 Å². The fraction of sp³-hybridized carbons (Fsp3) is 0.909. The van der Waals surface area contributed by atoms with Gasteiger partial charge >= 0.3 is 5.97 Å². The summed E-state index contributed by atoms with van der Waals surface area (Å²) in [5, 5.41) is 3.33. The third-order valence-electron chi connectivity index (χ3n) is 2.44. The van der Waals surface area contributed by atoms with Gasteiger partial charge in [0.2, 0.25) is 0 Å². The molecule has 0 bridgehead atoms. The predicted molar refractivity (Wildman–Crippen MR) is 64.2 cm³/mol. The Morgan fingerprint density at radius 2 is 2.47 bits per heavy atom. The monoisotopic (exact) mass is 231 g/mol. The second-order valence-electron chi connectivity index (χ2n) is 4.02. The number of carbonyl (C=O) groups excluding carboxylic acids is 1. The van der Waals surface area contributed by atoms with Crippen LogP contribution < -0.4 is 5.32 Å². The quantitative estimate of drug-likeness (QED) is 0.732. The largest absolute Gasteiger partial charge is 0.463 e. The Bertz CT molecular complexity index is 193.